The first-order chi connectivity index (χ1) is 9.54. The Morgan fingerprint density at radius 1 is 1.24 bits per heavy atom. The van der Waals surface area contributed by atoms with Crippen LogP contribution in [-0.2, 0) is 4.79 Å². The molecule has 1 N–H and O–H groups in total. The SMILES string of the molecule is CCC(CC)N(CC(C)C)C(=O)C1CC12CCNCC2.Cl. The van der Waals surface area contributed by atoms with Crippen molar-refractivity contribution >= 4 is 18.3 Å². The molecule has 21 heavy (non-hydrogen) atoms. The van der Waals surface area contributed by atoms with Crippen molar-refractivity contribution in [2.24, 2.45) is 17.3 Å². The lowest BCUT2D eigenvalue weighted by Crippen LogP contribution is -2.44. The molecule has 124 valence electrons. The van der Waals surface area contributed by atoms with Gasteiger partial charge in [0.2, 0.25) is 5.91 Å². The molecule has 1 aliphatic heterocycles. The van der Waals surface area contributed by atoms with Crippen LogP contribution in [0.3, 0.4) is 0 Å². The number of halogens is 1. The summed E-state index contributed by atoms with van der Waals surface area (Å²) in [6.07, 6.45) is 5.69. The fourth-order valence-corrected chi connectivity index (χ4v) is 3.92. The van der Waals surface area contributed by atoms with Crippen molar-refractivity contribution in [1.29, 1.82) is 0 Å². The Labute approximate surface area is 136 Å². The highest BCUT2D eigenvalue weighted by Gasteiger charge is 2.58. The van der Waals surface area contributed by atoms with Gasteiger partial charge in [0.05, 0.1) is 0 Å². The van der Waals surface area contributed by atoms with Gasteiger partial charge >= 0.3 is 0 Å². The van der Waals surface area contributed by atoms with E-state index < -0.39 is 0 Å². The number of piperidine rings is 1. The van der Waals surface area contributed by atoms with E-state index in [9.17, 15) is 4.79 Å². The second-order valence-electron chi connectivity index (χ2n) is 7.22. The zero-order valence-corrected chi connectivity index (χ0v) is 15.0. The molecule has 4 heteroatoms. The Morgan fingerprint density at radius 2 is 1.81 bits per heavy atom. The molecule has 1 amide bonds. The molecule has 1 heterocycles. The average Bonchev–Trinajstić information content (AvgIpc) is 3.12. The van der Waals surface area contributed by atoms with E-state index in [-0.39, 0.29) is 12.4 Å². The van der Waals surface area contributed by atoms with Gasteiger partial charge in [-0.05, 0) is 56.5 Å². The van der Waals surface area contributed by atoms with E-state index in [0.717, 1.165) is 38.9 Å². The van der Waals surface area contributed by atoms with Crippen molar-refractivity contribution < 1.29 is 4.79 Å². The first-order valence-corrected chi connectivity index (χ1v) is 8.55. The second-order valence-corrected chi connectivity index (χ2v) is 7.22. The van der Waals surface area contributed by atoms with Gasteiger partial charge in [0.15, 0.2) is 0 Å². The van der Waals surface area contributed by atoms with E-state index in [2.05, 4.69) is 37.9 Å². The standard InChI is InChI=1S/C17H32N2O.ClH/c1-5-14(6-2)19(12-13(3)4)16(20)15-11-17(15)7-9-18-10-8-17;/h13-15,18H,5-12H2,1-4H3;1H. The summed E-state index contributed by atoms with van der Waals surface area (Å²) in [5, 5.41) is 3.42. The van der Waals surface area contributed by atoms with Crippen molar-refractivity contribution in [2.75, 3.05) is 19.6 Å². The molecule has 2 rings (SSSR count). The molecule has 1 saturated carbocycles. The van der Waals surface area contributed by atoms with Gasteiger partial charge in [0, 0.05) is 18.5 Å². The molecule has 2 aliphatic rings. The van der Waals surface area contributed by atoms with E-state index in [1.807, 2.05) is 0 Å². The van der Waals surface area contributed by atoms with Crippen LogP contribution >= 0.6 is 12.4 Å². The molecule has 1 aliphatic carbocycles. The fraction of sp³-hybridized carbons (Fsp3) is 0.941. The van der Waals surface area contributed by atoms with E-state index in [1.54, 1.807) is 0 Å². The smallest absolute Gasteiger partial charge is 0.226 e. The average molecular weight is 317 g/mol. The number of amides is 1. The summed E-state index contributed by atoms with van der Waals surface area (Å²) in [4.78, 5) is 15.2. The highest BCUT2D eigenvalue weighted by molar-refractivity contribution is 5.85. The van der Waals surface area contributed by atoms with Gasteiger partial charge in [-0.15, -0.1) is 12.4 Å². The van der Waals surface area contributed by atoms with Gasteiger partial charge in [-0.3, -0.25) is 4.79 Å². The molecular weight excluding hydrogens is 284 g/mol. The van der Waals surface area contributed by atoms with Crippen molar-refractivity contribution in [3.05, 3.63) is 0 Å². The van der Waals surface area contributed by atoms with Gasteiger partial charge in [0.25, 0.3) is 0 Å². The van der Waals surface area contributed by atoms with Crippen LogP contribution in [0, 0.1) is 17.3 Å². The minimum Gasteiger partial charge on any atom is -0.339 e. The van der Waals surface area contributed by atoms with Gasteiger partial charge in [-0.25, -0.2) is 0 Å². The van der Waals surface area contributed by atoms with Gasteiger partial charge in [-0.1, -0.05) is 27.7 Å². The number of carbonyl (C=O) groups excluding carboxylic acids is 1. The van der Waals surface area contributed by atoms with Crippen molar-refractivity contribution in [3.8, 4) is 0 Å². The Balaban J connectivity index is 0.00000220. The van der Waals surface area contributed by atoms with Crippen LogP contribution < -0.4 is 5.32 Å². The third-order valence-corrected chi connectivity index (χ3v) is 5.32. The van der Waals surface area contributed by atoms with Crippen LogP contribution in [0.1, 0.15) is 59.8 Å². The zero-order chi connectivity index (χ0) is 14.8. The lowest BCUT2D eigenvalue weighted by Gasteiger charge is -2.33. The molecule has 3 nitrogen and oxygen atoms in total. The number of hydrogen-bond acceptors (Lipinski definition) is 2. The summed E-state index contributed by atoms with van der Waals surface area (Å²) in [6, 6.07) is 0.435. The molecule has 1 atom stereocenters. The van der Waals surface area contributed by atoms with Crippen molar-refractivity contribution in [1.82, 2.24) is 10.2 Å². The first-order valence-electron chi connectivity index (χ1n) is 8.55. The first kappa shape index (κ1) is 18.8. The highest BCUT2D eigenvalue weighted by atomic mass is 35.5. The molecule has 1 spiro atoms. The summed E-state index contributed by atoms with van der Waals surface area (Å²) in [7, 11) is 0. The minimum atomic E-state index is 0. The number of hydrogen-bond donors (Lipinski definition) is 1. The maximum absolute atomic E-state index is 13.0. The fourth-order valence-electron chi connectivity index (χ4n) is 3.92. The van der Waals surface area contributed by atoms with Crippen LogP contribution in [0.2, 0.25) is 0 Å². The van der Waals surface area contributed by atoms with Crippen LogP contribution in [0.15, 0.2) is 0 Å². The molecule has 0 bridgehead atoms. The predicted molar refractivity (Wildman–Crippen MR) is 90.8 cm³/mol. The topological polar surface area (TPSA) is 32.3 Å². The molecule has 0 aromatic rings. The Morgan fingerprint density at radius 3 is 2.29 bits per heavy atom. The molecule has 0 aromatic heterocycles. The number of nitrogens with zero attached hydrogens (tertiary/aromatic N) is 1. The van der Waals surface area contributed by atoms with E-state index in [0.29, 0.717) is 29.2 Å². The largest absolute Gasteiger partial charge is 0.339 e. The second kappa shape index (κ2) is 7.82. The number of nitrogens with one attached hydrogen (secondary N) is 1. The van der Waals surface area contributed by atoms with Gasteiger partial charge < -0.3 is 10.2 Å². The van der Waals surface area contributed by atoms with Crippen LogP contribution in [-0.4, -0.2) is 36.5 Å². The van der Waals surface area contributed by atoms with Gasteiger partial charge in [-0.2, -0.15) is 0 Å². The summed E-state index contributed by atoms with van der Waals surface area (Å²) >= 11 is 0. The molecule has 2 fully saturated rings. The minimum absolute atomic E-state index is 0. The maximum Gasteiger partial charge on any atom is 0.226 e. The highest BCUT2D eigenvalue weighted by Crippen LogP contribution is 2.59. The quantitative estimate of drug-likeness (QED) is 0.813. The lowest BCUT2D eigenvalue weighted by molar-refractivity contribution is -0.136. The Bertz CT molecular complexity index is 336. The lowest BCUT2D eigenvalue weighted by atomic mass is 9.91. The zero-order valence-electron chi connectivity index (χ0n) is 14.2. The van der Waals surface area contributed by atoms with Crippen LogP contribution in [0.25, 0.3) is 0 Å². The molecule has 1 unspecified atom stereocenters. The van der Waals surface area contributed by atoms with Crippen LogP contribution in [0.4, 0.5) is 0 Å². The van der Waals surface area contributed by atoms with Crippen molar-refractivity contribution in [2.45, 2.75) is 65.8 Å². The third-order valence-electron chi connectivity index (χ3n) is 5.32. The third kappa shape index (κ3) is 4.13. The Kier molecular flexibility index (Phi) is 6.99. The predicted octanol–water partition coefficient (Wildman–Crippen LogP) is 3.47. The van der Waals surface area contributed by atoms with E-state index in [1.165, 1.54) is 12.8 Å². The summed E-state index contributed by atoms with van der Waals surface area (Å²) in [6.45, 7) is 12.0. The molecule has 0 aromatic carbocycles. The van der Waals surface area contributed by atoms with Gasteiger partial charge in [0.1, 0.15) is 0 Å². The van der Waals surface area contributed by atoms with E-state index in [4.69, 9.17) is 0 Å². The van der Waals surface area contributed by atoms with Crippen LogP contribution in [0.5, 0.6) is 0 Å². The molecule has 1 saturated heterocycles. The Hall–Kier alpha value is -0.280. The number of rotatable bonds is 6. The van der Waals surface area contributed by atoms with E-state index >= 15 is 0 Å². The monoisotopic (exact) mass is 316 g/mol. The molecule has 0 radical (unpaired) electrons. The summed E-state index contributed by atoms with van der Waals surface area (Å²) in [5.74, 6) is 1.33. The van der Waals surface area contributed by atoms with Crippen molar-refractivity contribution in [3.63, 3.8) is 0 Å². The summed E-state index contributed by atoms with van der Waals surface area (Å²) in [5.41, 5.74) is 0.365. The normalized spacial score (nSPS) is 23.2. The number of carbonyl (C=O) groups is 1. The molecular formula is C17H33ClN2O. The maximum atomic E-state index is 13.0. The summed E-state index contributed by atoms with van der Waals surface area (Å²) < 4.78 is 0.